The number of nitrogens with zero attached hydrogens (tertiary/aromatic N) is 4. The number of hydrogen-bond donors (Lipinski definition) is 1. The molecule has 0 saturated carbocycles. The van der Waals surface area contributed by atoms with Gasteiger partial charge in [0.25, 0.3) is 0 Å². The topological polar surface area (TPSA) is 62.0 Å². The number of hydrazone groups is 1. The van der Waals surface area contributed by atoms with E-state index in [-0.39, 0.29) is 0 Å². The molecule has 24 heavy (non-hydrogen) atoms. The monoisotopic (exact) mass is 401 g/mol. The van der Waals surface area contributed by atoms with Crippen molar-refractivity contribution in [3.63, 3.8) is 0 Å². The predicted molar refractivity (Wildman–Crippen MR) is 104 cm³/mol. The van der Waals surface area contributed by atoms with E-state index in [1.54, 1.807) is 0 Å². The lowest BCUT2D eigenvalue weighted by Crippen LogP contribution is -1.98. The number of halogens is 1. The third-order valence-electron chi connectivity index (χ3n) is 3.17. The number of amidine groups is 1. The van der Waals surface area contributed by atoms with Crippen molar-refractivity contribution in [2.45, 2.75) is 19.8 Å². The van der Waals surface area contributed by atoms with Gasteiger partial charge in [0.1, 0.15) is 0 Å². The molecular weight excluding hydrogens is 386 g/mol. The molecule has 7 heteroatoms. The number of benzene rings is 2. The maximum atomic E-state index is 4.45. The van der Waals surface area contributed by atoms with Crippen molar-refractivity contribution < 1.29 is 0 Å². The van der Waals surface area contributed by atoms with Gasteiger partial charge in [-0.3, -0.25) is 5.43 Å². The smallest absolute Gasteiger partial charge is 0.231 e. The predicted octanol–water partition coefficient (Wildman–Crippen LogP) is 6.37. The molecule has 0 unspecified atom stereocenters. The number of azo groups is 1. The number of hydrogen-bond acceptors (Lipinski definition) is 5. The maximum absolute atomic E-state index is 4.45. The number of para-hydroxylation sites is 1. The summed E-state index contributed by atoms with van der Waals surface area (Å²) in [4.78, 5) is 4.45. The Labute approximate surface area is 152 Å². The van der Waals surface area contributed by atoms with Crippen molar-refractivity contribution in [1.82, 2.24) is 4.98 Å². The van der Waals surface area contributed by atoms with Crippen LogP contribution in [0.25, 0.3) is 10.2 Å². The van der Waals surface area contributed by atoms with Crippen molar-refractivity contribution in [2.24, 2.45) is 15.3 Å². The summed E-state index contributed by atoms with van der Waals surface area (Å²) in [5, 5.41) is 13.5. The number of aromatic nitrogens is 1. The zero-order valence-electron chi connectivity index (χ0n) is 13.1. The van der Waals surface area contributed by atoms with Crippen LogP contribution in [0.3, 0.4) is 0 Å². The number of rotatable bonds is 5. The van der Waals surface area contributed by atoms with Crippen LogP contribution in [0.4, 0.5) is 10.8 Å². The molecule has 0 aliphatic rings. The van der Waals surface area contributed by atoms with Crippen molar-refractivity contribution in [3.05, 3.63) is 53.0 Å². The van der Waals surface area contributed by atoms with Gasteiger partial charge in [-0.25, -0.2) is 4.98 Å². The van der Waals surface area contributed by atoms with Crippen LogP contribution in [-0.4, -0.2) is 10.8 Å². The highest BCUT2D eigenvalue weighted by Gasteiger charge is 2.02. The largest absolute Gasteiger partial charge is 0.277 e. The second kappa shape index (κ2) is 8.12. The van der Waals surface area contributed by atoms with E-state index in [0.29, 0.717) is 11.0 Å². The van der Waals surface area contributed by atoms with Crippen LogP contribution in [0, 0.1) is 0 Å². The Morgan fingerprint density at radius 2 is 1.96 bits per heavy atom. The quantitative estimate of drug-likeness (QED) is 0.233. The summed E-state index contributed by atoms with van der Waals surface area (Å²) in [5.74, 6) is 0.652. The van der Waals surface area contributed by atoms with E-state index in [2.05, 4.69) is 48.6 Å². The van der Waals surface area contributed by atoms with Crippen molar-refractivity contribution in [1.29, 1.82) is 0 Å². The average molecular weight is 402 g/mol. The molecule has 0 saturated heterocycles. The van der Waals surface area contributed by atoms with E-state index in [1.807, 2.05) is 48.5 Å². The molecule has 3 rings (SSSR count). The van der Waals surface area contributed by atoms with E-state index >= 15 is 0 Å². The fourth-order valence-corrected chi connectivity index (χ4v) is 3.06. The lowest BCUT2D eigenvalue weighted by molar-refractivity contribution is 0.966. The number of anilines is 1. The Hall–Kier alpha value is -2.12. The molecule has 122 valence electrons. The van der Waals surface area contributed by atoms with Gasteiger partial charge in [0.15, 0.2) is 5.84 Å². The first kappa shape index (κ1) is 16.7. The van der Waals surface area contributed by atoms with Crippen LogP contribution in [0.15, 0.2) is 68.3 Å². The van der Waals surface area contributed by atoms with Crippen molar-refractivity contribution in [3.8, 4) is 0 Å². The molecule has 2 aromatic carbocycles. The van der Waals surface area contributed by atoms with Crippen LogP contribution in [0.1, 0.15) is 19.8 Å². The van der Waals surface area contributed by atoms with Gasteiger partial charge in [-0.2, -0.15) is 5.10 Å². The molecule has 0 aliphatic heterocycles. The lowest BCUT2D eigenvalue weighted by Gasteiger charge is -2.02. The van der Waals surface area contributed by atoms with E-state index < -0.39 is 0 Å². The average Bonchev–Trinajstić information content (AvgIpc) is 3.02. The zero-order valence-corrected chi connectivity index (χ0v) is 15.5. The maximum Gasteiger partial charge on any atom is 0.231 e. The van der Waals surface area contributed by atoms with Gasteiger partial charge in [-0.05, 0) is 42.8 Å². The van der Waals surface area contributed by atoms with Gasteiger partial charge in [0, 0.05) is 10.9 Å². The van der Waals surface area contributed by atoms with Gasteiger partial charge >= 0.3 is 0 Å². The fourth-order valence-electron chi connectivity index (χ4n) is 2.01. The van der Waals surface area contributed by atoms with Gasteiger partial charge in [0.2, 0.25) is 5.13 Å². The molecule has 5 nitrogen and oxygen atoms in total. The van der Waals surface area contributed by atoms with E-state index in [4.69, 9.17) is 0 Å². The highest BCUT2D eigenvalue weighted by molar-refractivity contribution is 9.10. The minimum atomic E-state index is 0.642. The molecule has 0 atom stereocenters. The second-order valence-corrected chi connectivity index (χ2v) is 6.99. The minimum Gasteiger partial charge on any atom is -0.277 e. The Morgan fingerprint density at radius 1 is 1.17 bits per heavy atom. The van der Waals surface area contributed by atoms with Gasteiger partial charge in [-0.1, -0.05) is 46.3 Å². The third-order valence-corrected chi connectivity index (χ3v) is 4.61. The lowest BCUT2D eigenvalue weighted by atomic mass is 10.3. The van der Waals surface area contributed by atoms with E-state index in [0.717, 1.165) is 33.2 Å². The second-order valence-electron chi connectivity index (χ2n) is 5.06. The van der Waals surface area contributed by atoms with Crippen LogP contribution in [0.2, 0.25) is 0 Å². The van der Waals surface area contributed by atoms with E-state index in [1.165, 1.54) is 11.3 Å². The SMILES string of the molecule is CCCC(N=Nc1nc2ccccc2s1)=NNc1ccc(Br)cc1. The van der Waals surface area contributed by atoms with Crippen LogP contribution < -0.4 is 5.43 Å². The summed E-state index contributed by atoms with van der Waals surface area (Å²) in [7, 11) is 0. The highest BCUT2D eigenvalue weighted by atomic mass is 79.9. The van der Waals surface area contributed by atoms with Gasteiger partial charge in [0.05, 0.1) is 15.9 Å². The number of nitrogens with one attached hydrogen (secondary N) is 1. The van der Waals surface area contributed by atoms with Gasteiger partial charge in [-0.15, -0.1) is 10.2 Å². The first-order chi connectivity index (χ1) is 11.7. The molecule has 1 N–H and O–H groups in total. The molecule has 0 amide bonds. The Balaban J connectivity index is 1.74. The summed E-state index contributed by atoms with van der Waals surface area (Å²) in [6, 6.07) is 15.8. The molecule has 0 spiro atoms. The van der Waals surface area contributed by atoms with E-state index in [9.17, 15) is 0 Å². The highest BCUT2D eigenvalue weighted by Crippen LogP contribution is 2.27. The zero-order chi connectivity index (χ0) is 16.8. The molecule has 0 aliphatic carbocycles. The van der Waals surface area contributed by atoms with Crippen LogP contribution in [-0.2, 0) is 0 Å². The molecule has 0 bridgehead atoms. The summed E-state index contributed by atoms with van der Waals surface area (Å²) in [5.41, 5.74) is 4.86. The summed E-state index contributed by atoms with van der Waals surface area (Å²) < 4.78 is 2.13. The first-order valence-corrected chi connectivity index (χ1v) is 9.21. The van der Waals surface area contributed by atoms with Crippen molar-refractivity contribution >= 4 is 54.1 Å². The summed E-state index contributed by atoms with van der Waals surface area (Å²) in [6.45, 7) is 2.09. The normalized spacial score (nSPS) is 12.2. The van der Waals surface area contributed by atoms with Crippen LogP contribution in [0.5, 0.6) is 0 Å². The molecule has 3 aromatic rings. The molecular formula is C17H16BrN5S. The summed E-state index contributed by atoms with van der Waals surface area (Å²) in [6.07, 6.45) is 1.69. The van der Waals surface area contributed by atoms with Crippen molar-refractivity contribution in [2.75, 3.05) is 5.43 Å². The molecule has 1 heterocycles. The Bertz CT molecular complexity index is 837. The Morgan fingerprint density at radius 3 is 2.71 bits per heavy atom. The molecule has 1 aromatic heterocycles. The third kappa shape index (κ3) is 4.46. The number of thiazole rings is 1. The summed E-state index contributed by atoms with van der Waals surface area (Å²) >= 11 is 4.93. The number of fused-ring (bicyclic) bond motifs is 1. The molecule has 0 radical (unpaired) electrons. The minimum absolute atomic E-state index is 0.642. The standard InChI is InChI=1S/C17H16BrN5S/c1-2-5-16(21-20-13-10-8-12(18)9-11-13)22-23-17-19-14-6-3-4-7-15(14)24-17/h3-4,6-11,20H,2,5H2,1H3. The fraction of sp³-hybridized carbons (Fsp3) is 0.176. The Kier molecular flexibility index (Phi) is 5.66. The molecule has 0 fully saturated rings. The first-order valence-electron chi connectivity index (χ1n) is 7.60. The van der Waals surface area contributed by atoms with Gasteiger partial charge < -0.3 is 0 Å². The van der Waals surface area contributed by atoms with Crippen LogP contribution >= 0.6 is 27.3 Å².